The van der Waals surface area contributed by atoms with Gasteiger partial charge in [0.2, 0.25) is 5.91 Å². The van der Waals surface area contributed by atoms with Crippen LogP contribution in [-0.4, -0.2) is 42.0 Å². The molecule has 4 rings (SSSR count). The van der Waals surface area contributed by atoms with E-state index in [1.54, 1.807) is 0 Å². The molecule has 134 valence electrons. The third-order valence-corrected chi connectivity index (χ3v) is 5.93. The molecular weight excluding hydrogens is 314 g/mol. The SMILES string of the molecule is O=C(NC1Cc2ccccc2C1)N[C@H]1CCN(C(=O)C2CCCC2)C1. The molecule has 0 unspecified atom stereocenters. The molecule has 1 aromatic carbocycles. The Kier molecular flexibility index (Phi) is 4.64. The van der Waals surface area contributed by atoms with Crippen molar-refractivity contribution in [2.45, 2.75) is 57.0 Å². The van der Waals surface area contributed by atoms with Crippen LogP contribution in [0.2, 0.25) is 0 Å². The predicted molar refractivity (Wildman–Crippen MR) is 96.2 cm³/mol. The Hall–Kier alpha value is -2.04. The highest BCUT2D eigenvalue weighted by Gasteiger charge is 2.33. The lowest BCUT2D eigenvalue weighted by molar-refractivity contribution is -0.134. The number of fused-ring (bicyclic) bond motifs is 1. The summed E-state index contributed by atoms with van der Waals surface area (Å²) in [5.41, 5.74) is 2.67. The fourth-order valence-corrected chi connectivity index (χ4v) is 4.58. The van der Waals surface area contributed by atoms with Crippen LogP contribution in [0.4, 0.5) is 4.79 Å². The van der Waals surface area contributed by atoms with E-state index in [1.165, 1.54) is 24.0 Å². The molecule has 0 spiro atoms. The zero-order valence-corrected chi connectivity index (χ0v) is 14.7. The van der Waals surface area contributed by atoms with Crippen LogP contribution in [0.3, 0.4) is 0 Å². The molecule has 25 heavy (non-hydrogen) atoms. The van der Waals surface area contributed by atoms with Crippen LogP contribution in [0.15, 0.2) is 24.3 Å². The van der Waals surface area contributed by atoms with Gasteiger partial charge in [0.15, 0.2) is 0 Å². The molecule has 1 heterocycles. The zero-order valence-electron chi connectivity index (χ0n) is 14.7. The molecule has 2 aliphatic carbocycles. The second-order valence-electron chi connectivity index (χ2n) is 7.74. The topological polar surface area (TPSA) is 61.4 Å². The van der Waals surface area contributed by atoms with E-state index in [4.69, 9.17) is 0 Å². The number of urea groups is 1. The molecule has 2 fully saturated rings. The fraction of sp³-hybridized carbons (Fsp3) is 0.600. The molecule has 5 nitrogen and oxygen atoms in total. The number of carbonyl (C=O) groups is 2. The van der Waals surface area contributed by atoms with Gasteiger partial charge in [0.25, 0.3) is 0 Å². The Morgan fingerprint density at radius 2 is 1.56 bits per heavy atom. The van der Waals surface area contributed by atoms with E-state index >= 15 is 0 Å². The average molecular weight is 341 g/mol. The number of nitrogens with one attached hydrogen (secondary N) is 2. The van der Waals surface area contributed by atoms with Crippen molar-refractivity contribution in [2.24, 2.45) is 5.92 Å². The Morgan fingerprint density at radius 1 is 0.920 bits per heavy atom. The lowest BCUT2D eigenvalue weighted by Gasteiger charge is -2.21. The summed E-state index contributed by atoms with van der Waals surface area (Å²) >= 11 is 0. The smallest absolute Gasteiger partial charge is 0.315 e. The van der Waals surface area contributed by atoms with E-state index in [9.17, 15) is 9.59 Å². The third kappa shape index (κ3) is 3.65. The van der Waals surface area contributed by atoms with Crippen molar-refractivity contribution >= 4 is 11.9 Å². The number of rotatable bonds is 3. The number of hydrogen-bond acceptors (Lipinski definition) is 2. The van der Waals surface area contributed by atoms with Crippen molar-refractivity contribution in [1.82, 2.24) is 15.5 Å². The standard InChI is InChI=1S/C20H27N3O2/c24-19(14-5-1-2-6-14)23-10-9-17(13-23)21-20(25)22-18-11-15-7-3-4-8-16(15)12-18/h3-4,7-8,14,17-18H,1-2,5-6,9-13H2,(H2,21,22,25)/t17-/m0/s1. The molecule has 1 saturated heterocycles. The summed E-state index contributed by atoms with van der Waals surface area (Å²) in [5, 5.41) is 6.16. The Morgan fingerprint density at radius 3 is 2.24 bits per heavy atom. The maximum Gasteiger partial charge on any atom is 0.315 e. The number of likely N-dealkylation sites (tertiary alicyclic amines) is 1. The highest BCUT2D eigenvalue weighted by atomic mass is 16.2. The molecule has 1 saturated carbocycles. The Labute approximate surface area is 149 Å². The summed E-state index contributed by atoms with van der Waals surface area (Å²) in [6, 6.07) is 8.53. The van der Waals surface area contributed by atoms with Crippen molar-refractivity contribution in [1.29, 1.82) is 0 Å². The average Bonchev–Trinajstić information content (AvgIpc) is 3.34. The first kappa shape index (κ1) is 16.4. The van der Waals surface area contributed by atoms with E-state index in [0.29, 0.717) is 12.5 Å². The van der Waals surface area contributed by atoms with Crippen molar-refractivity contribution in [3.05, 3.63) is 35.4 Å². The number of carbonyl (C=O) groups excluding carboxylic acids is 2. The van der Waals surface area contributed by atoms with Gasteiger partial charge in [-0.15, -0.1) is 0 Å². The fourth-order valence-electron chi connectivity index (χ4n) is 4.58. The molecule has 3 amide bonds. The first-order valence-corrected chi connectivity index (χ1v) is 9.61. The van der Waals surface area contributed by atoms with Crippen LogP contribution in [0.25, 0.3) is 0 Å². The summed E-state index contributed by atoms with van der Waals surface area (Å²) in [5.74, 6) is 0.526. The lowest BCUT2D eigenvalue weighted by atomic mass is 10.1. The minimum absolute atomic E-state index is 0.0779. The van der Waals surface area contributed by atoms with E-state index in [-0.39, 0.29) is 24.0 Å². The number of amides is 3. The summed E-state index contributed by atoms with van der Waals surface area (Å²) in [7, 11) is 0. The van der Waals surface area contributed by atoms with E-state index in [2.05, 4.69) is 34.9 Å². The molecule has 0 radical (unpaired) electrons. The maximum atomic E-state index is 12.5. The van der Waals surface area contributed by atoms with Gasteiger partial charge in [-0.1, -0.05) is 37.1 Å². The van der Waals surface area contributed by atoms with Gasteiger partial charge in [-0.25, -0.2) is 4.79 Å². The summed E-state index contributed by atoms with van der Waals surface area (Å²) < 4.78 is 0. The minimum Gasteiger partial charge on any atom is -0.340 e. The summed E-state index contributed by atoms with van der Waals surface area (Å²) in [4.78, 5) is 26.7. The van der Waals surface area contributed by atoms with Gasteiger partial charge < -0.3 is 15.5 Å². The zero-order chi connectivity index (χ0) is 17.2. The second kappa shape index (κ2) is 7.06. The molecule has 3 aliphatic rings. The van der Waals surface area contributed by atoms with Crippen LogP contribution in [0.5, 0.6) is 0 Å². The van der Waals surface area contributed by atoms with Gasteiger partial charge in [0, 0.05) is 31.1 Å². The van der Waals surface area contributed by atoms with Crippen LogP contribution in [0.1, 0.15) is 43.2 Å². The Bertz CT molecular complexity index is 629. The lowest BCUT2D eigenvalue weighted by Crippen LogP contribution is -2.47. The largest absolute Gasteiger partial charge is 0.340 e. The molecule has 1 aliphatic heterocycles. The van der Waals surface area contributed by atoms with Crippen molar-refractivity contribution in [3.63, 3.8) is 0 Å². The van der Waals surface area contributed by atoms with Crippen molar-refractivity contribution in [2.75, 3.05) is 13.1 Å². The second-order valence-corrected chi connectivity index (χ2v) is 7.74. The predicted octanol–water partition coefficient (Wildman–Crippen LogP) is 2.24. The number of hydrogen-bond donors (Lipinski definition) is 2. The van der Waals surface area contributed by atoms with Crippen LogP contribution >= 0.6 is 0 Å². The highest BCUT2D eigenvalue weighted by Crippen LogP contribution is 2.28. The van der Waals surface area contributed by atoms with Gasteiger partial charge in [-0.05, 0) is 43.2 Å². The first-order valence-electron chi connectivity index (χ1n) is 9.61. The van der Waals surface area contributed by atoms with Gasteiger partial charge in [-0.2, -0.15) is 0 Å². The molecule has 0 bridgehead atoms. The molecule has 2 N–H and O–H groups in total. The van der Waals surface area contributed by atoms with Crippen molar-refractivity contribution < 1.29 is 9.59 Å². The normalized spacial score (nSPS) is 23.7. The third-order valence-electron chi connectivity index (χ3n) is 5.93. The summed E-state index contributed by atoms with van der Waals surface area (Å²) in [6.07, 6.45) is 7.10. The van der Waals surface area contributed by atoms with Crippen LogP contribution in [-0.2, 0) is 17.6 Å². The van der Waals surface area contributed by atoms with E-state index < -0.39 is 0 Å². The van der Waals surface area contributed by atoms with Crippen LogP contribution < -0.4 is 10.6 Å². The quantitative estimate of drug-likeness (QED) is 0.886. The first-order chi connectivity index (χ1) is 12.2. The molecule has 1 aromatic rings. The van der Waals surface area contributed by atoms with Gasteiger partial charge in [-0.3, -0.25) is 4.79 Å². The monoisotopic (exact) mass is 341 g/mol. The summed E-state index contributed by atoms with van der Waals surface area (Å²) in [6.45, 7) is 1.43. The van der Waals surface area contributed by atoms with Gasteiger partial charge in [0.05, 0.1) is 0 Å². The molecular formula is C20H27N3O2. The number of nitrogens with zero attached hydrogens (tertiary/aromatic N) is 1. The van der Waals surface area contributed by atoms with E-state index in [0.717, 1.165) is 38.6 Å². The molecule has 5 heteroatoms. The molecule has 0 aromatic heterocycles. The van der Waals surface area contributed by atoms with Gasteiger partial charge >= 0.3 is 6.03 Å². The van der Waals surface area contributed by atoms with Gasteiger partial charge in [0.1, 0.15) is 0 Å². The number of benzene rings is 1. The Balaban J connectivity index is 1.23. The highest BCUT2D eigenvalue weighted by molar-refractivity contribution is 5.80. The van der Waals surface area contributed by atoms with Crippen LogP contribution in [0, 0.1) is 5.92 Å². The van der Waals surface area contributed by atoms with E-state index in [1.807, 2.05) is 4.90 Å². The van der Waals surface area contributed by atoms with Crippen molar-refractivity contribution in [3.8, 4) is 0 Å². The molecule has 1 atom stereocenters. The maximum absolute atomic E-state index is 12.5. The minimum atomic E-state index is -0.0991.